The molecule has 2 aromatic rings. The zero-order chi connectivity index (χ0) is 12.0. The van der Waals surface area contributed by atoms with Crippen molar-refractivity contribution in [3.05, 3.63) is 23.2 Å². The standard InChI is InChI=1S/C13H16ClN3/c1-13(5-2-6-13)8-17-11-4-3-9(14)7-10(11)16-12(17)15/h3-4,7H,2,5-6,8H2,1H3,(H2,15,16). The van der Waals surface area contributed by atoms with E-state index >= 15 is 0 Å². The van der Waals surface area contributed by atoms with E-state index in [1.807, 2.05) is 18.2 Å². The first kappa shape index (κ1) is 10.9. The van der Waals surface area contributed by atoms with Crippen molar-refractivity contribution >= 4 is 28.6 Å². The van der Waals surface area contributed by atoms with Crippen molar-refractivity contribution in [2.24, 2.45) is 5.41 Å². The van der Waals surface area contributed by atoms with E-state index in [2.05, 4.69) is 16.5 Å². The highest BCUT2D eigenvalue weighted by Gasteiger charge is 2.33. The molecule has 0 unspecified atom stereocenters. The normalized spacial score (nSPS) is 18.2. The molecular weight excluding hydrogens is 234 g/mol. The molecular formula is C13H16ClN3. The number of fused-ring (bicyclic) bond motifs is 1. The van der Waals surface area contributed by atoms with E-state index in [1.54, 1.807) is 0 Å². The van der Waals surface area contributed by atoms with Crippen LogP contribution < -0.4 is 5.73 Å². The molecule has 0 radical (unpaired) electrons. The molecule has 1 heterocycles. The fourth-order valence-corrected chi connectivity index (χ4v) is 2.77. The van der Waals surface area contributed by atoms with Gasteiger partial charge in [-0.3, -0.25) is 0 Å². The van der Waals surface area contributed by atoms with Crippen LogP contribution in [0.2, 0.25) is 5.02 Å². The van der Waals surface area contributed by atoms with Gasteiger partial charge in [0.15, 0.2) is 0 Å². The lowest BCUT2D eigenvalue weighted by Crippen LogP contribution is -2.31. The largest absolute Gasteiger partial charge is 0.369 e. The summed E-state index contributed by atoms with van der Waals surface area (Å²) in [5, 5.41) is 0.706. The number of aromatic nitrogens is 2. The summed E-state index contributed by atoms with van der Waals surface area (Å²) in [5.74, 6) is 0.593. The highest BCUT2D eigenvalue weighted by molar-refractivity contribution is 6.31. The molecule has 2 N–H and O–H groups in total. The maximum Gasteiger partial charge on any atom is 0.201 e. The minimum absolute atomic E-state index is 0.390. The molecule has 0 amide bonds. The maximum atomic E-state index is 6.00. The topological polar surface area (TPSA) is 43.8 Å². The maximum absolute atomic E-state index is 6.00. The number of halogens is 1. The van der Waals surface area contributed by atoms with Gasteiger partial charge >= 0.3 is 0 Å². The summed E-state index contributed by atoms with van der Waals surface area (Å²) in [5.41, 5.74) is 8.36. The second-order valence-corrected chi connectivity index (χ2v) is 5.79. The summed E-state index contributed by atoms with van der Waals surface area (Å²) in [7, 11) is 0. The van der Waals surface area contributed by atoms with Crippen molar-refractivity contribution in [3.8, 4) is 0 Å². The number of imidazole rings is 1. The molecule has 3 rings (SSSR count). The van der Waals surface area contributed by atoms with Gasteiger partial charge in [-0.05, 0) is 36.5 Å². The average molecular weight is 250 g/mol. The molecule has 1 saturated carbocycles. The number of rotatable bonds is 2. The van der Waals surface area contributed by atoms with Gasteiger partial charge in [-0.25, -0.2) is 4.98 Å². The SMILES string of the molecule is CC1(Cn2c(N)nc3cc(Cl)ccc32)CCC1. The molecule has 17 heavy (non-hydrogen) atoms. The Kier molecular flexibility index (Phi) is 2.33. The third-order valence-corrected chi connectivity index (χ3v) is 4.08. The molecule has 0 saturated heterocycles. The highest BCUT2D eigenvalue weighted by atomic mass is 35.5. The first-order valence-electron chi connectivity index (χ1n) is 5.99. The Labute approximate surface area is 106 Å². The van der Waals surface area contributed by atoms with Crippen LogP contribution in [0.1, 0.15) is 26.2 Å². The van der Waals surface area contributed by atoms with E-state index in [9.17, 15) is 0 Å². The fraction of sp³-hybridized carbons (Fsp3) is 0.462. The van der Waals surface area contributed by atoms with Gasteiger partial charge in [0.05, 0.1) is 11.0 Å². The molecule has 4 heteroatoms. The van der Waals surface area contributed by atoms with Crippen LogP contribution in [-0.2, 0) is 6.54 Å². The predicted octanol–water partition coefficient (Wildman–Crippen LogP) is 3.46. The van der Waals surface area contributed by atoms with Crippen molar-refractivity contribution in [2.75, 3.05) is 5.73 Å². The van der Waals surface area contributed by atoms with Crippen molar-refractivity contribution in [1.82, 2.24) is 9.55 Å². The van der Waals surface area contributed by atoms with Gasteiger partial charge in [-0.2, -0.15) is 0 Å². The van der Waals surface area contributed by atoms with Crippen molar-refractivity contribution in [2.45, 2.75) is 32.7 Å². The Bertz CT molecular complexity index is 569. The van der Waals surface area contributed by atoms with E-state index in [0.29, 0.717) is 16.4 Å². The quantitative estimate of drug-likeness (QED) is 0.886. The molecule has 0 atom stereocenters. The number of hydrogen-bond acceptors (Lipinski definition) is 2. The molecule has 0 spiro atoms. The Hall–Kier alpha value is -1.22. The number of nitrogen functional groups attached to an aromatic ring is 1. The van der Waals surface area contributed by atoms with Crippen LogP contribution in [0.25, 0.3) is 11.0 Å². The zero-order valence-corrected chi connectivity index (χ0v) is 10.7. The van der Waals surface area contributed by atoms with Crippen LogP contribution in [0.5, 0.6) is 0 Å². The van der Waals surface area contributed by atoms with Crippen molar-refractivity contribution in [3.63, 3.8) is 0 Å². The molecule has 1 aromatic carbocycles. The Balaban J connectivity index is 2.06. The summed E-state index contributed by atoms with van der Waals surface area (Å²) in [4.78, 5) is 4.37. The summed E-state index contributed by atoms with van der Waals surface area (Å²) in [6.45, 7) is 3.27. The molecule has 90 valence electrons. The summed E-state index contributed by atoms with van der Waals surface area (Å²) in [6.07, 6.45) is 3.88. The predicted molar refractivity (Wildman–Crippen MR) is 71.1 cm³/mol. The second-order valence-electron chi connectivity index (χ2n) is 5.35. The van der Waals surface area contributed by atoms with Crippen molar-refractivity contribution in [1.29, 1.82) is 0 Å². The minimum atomic E-state index is 0.390. The van der Waals surface area contributed by atoms with Gasteiger partial charge in [0, 0.05) is 11.6 Å². The van der Waals surface area contributed by atoms with E-state index in [-0.39, 0.29) is 0 Å². The van der Waals surface area contributed by atoms with Crippen LogP contribution in [0.3, 0.4) is 0 Å². The molecule has 3 nitrogen and oxygen atoms in total. The van der Waals surface area contributed by atoms with Crippen molar-refractivity contribution < 1.29 is 0 Å². The monoisotopic (exact) mass is 249 g/mol. The Morgan fingerprint density at radius 3 is 2.88 bits per heavy atom. The number of nitrogens with zero attached hydrogens (tertiary/aromatic N) is 2. The first-order valence-corrected chi connectivity index (χ1v) is 6.36. The molecule has 1 fully saturated rings. The van der Waals surface area contributed by atoms with Gasteiger partial charge in [0.25, 0.3) is 0 Å². The van der Waals surface area contributed by atoms with Crippen LogP contribution in [-0.4, -0.2) is 9.55 Å². The lowest BCUT2D eigenvalue weighted by Gasteiger charge is -2.38. The molecule has 0 aliphatic heterocycles. The first-order chi connectivity index (χ1) is 8.07. The minimum Gasteiger partial charge on any atom is -0.369 e. The smallest absolute Gasteiger partial charge is 0.201 e. The average Bonchev–Trinajstić information content (AvgIpc) is 2.52. The lowest BCUT2D eigenvalue weighted by molar-refractivity contribution is 0.135. The van der Waals surface area contributed by atoms with Gasteiger partial charge in [-0.1, -0.05) is 24.9 Å². The van der Waals surface area contributed by atoms with E-state index < -0.39 is 0 Å². The van der Waals surface area contributed by atoms with Gasteiger partial charge in [0.1, 0.15) is 0 Å². The second kappa shape index (κ2) is 3.64. The lowest BCUT2D eigenvalue weighted by atomic mass is 9.70. The third-order valence-electron chi connectivity index (χ3n) is 3.84. The number of nitrogens with two attached hydrogens (primary N) is 1. The van der Waals surface area contributed by atoms with Crippen LogP contribution >= 0.6 is 11.6 Å². The highest BCUT2D eigenvalue weighted by Crippen LogP contribution is 2.42. The summed E-state index contributed by atoms with van der Waals surface area (Å²) >= 11 is 5.96. The van der Waals surface area contributed by atoms with Crippen LogP contribution in [0.4, 0.5) is 5.95 Å². The van der Waals surface area contributed by atoms with E-state index in [0.717, 1.165) is 17.6 Å². The van der Waals surface area contributed by atoms with Crippen LogP contribution in [0, 0.1) is 5.41 Å². The number of benzene rings is 1. The van der Waals surface area contributed by atoms with E-state index in [1.165, 1.54) is 19.3 Å². The molecule has 0 bridgehead atoms. The van der Waals surface area contributed by atoms with Crippen LogP contribution in [0.15, 0.2) is 18.2 Å². The van der Waals surface area contributed by atoms with Gasteiger partial charge in [-0.15, -0.1) is 0 Å². The molecule has 1 aliphatic rings. The number of hydrogen-bond donors (Lipinski definition) is 1. The number of anilines is 1. The third kappa shape index (κ3) is 1.78. The fourth-order valence-electron chi connectivity index (χ4n) is 2.61. The zero-order valence-electron chi connectivity index (χ0n) is 9.91. The summed E-state index contributed by atoms with van der Waals surface area (Å²) < 4.78 is 2.12. The Morgan fingerprint density at radius 1 is 1.47 bits per heavy atom. The van der Waals surface area contributed by atoms with Gasteiger partial charge in [0.2, 0.25) is 5.95 Å². The molecule has 1 aliphatic carbocycles. The Morgan fingerprint density at radius 2 is 2.24 bits per heavy atom. The van der Waals surface area contributed by atoms with Gasteiger partial charge < -0.3 is 10.3 Å². The molecule has 1 aromatic heterocycles. The summed E-state index contributed by atoms with van der Waals surface area (Å²) in [6, 6.07) is 5.76. The van der Waals surface area contributed by atoms with E-state index in [4.69, 9.17) is 17.3 Å².